The van der Waals surface area contributed by atoms with Crippen LogP contribution in [0.1, 0.15) is 25.8 Å². The molecule has 2 nitrogen and oxygen atoms in total. The predicted molar refractivity (Wildman–Crippen MR) is 63.1 cm³/mol. The van der Waals surface area contributed by atoms with Gasteiger partial charge in [-0.05, 0) is 37.1 Å². The topological polar surface area (TPSA) is 35.2 Å². The highest BCUT2D eigenvalue weighted by molar-refractivity contribution is 9.10. The summed E-state index contributed by atoms with van der Waals surface area (Å²) in [7, 11) is 0. The Morgan fingerprint density at radius 1 is 1.43 bits per heavy atom. The lowest BCUT2D eigenvalue weighted by Gasteiger charge is -2.11. The number of halogens is 1. The van der Waals surface area contributed by atoms with Crippen LogP contribution in [0.3, 0.4) is 0 Å². The molecule has 0 radical (unpaired) electrons. The second kappa shape index (κ2) is 5.37. The zero-order valence-electron chi connectivity index (χ0n) is 8.59. The van der Waals surface area contributed by atoms with Gasteiger partial charge in [0.15, 0.2) is 0 Å². The van der Waals surface area contributed by atoms with Crippen LogP contribution in [0, 0.1) is 0 Å². The highest BCUT2D eigenvalue weighted by Crippen LogP contribution is 2.18. The summed E-state index contributed by atoms with van der Waals surface area (Å²) in [4.78, 5) is 0. The highest BCUT2D eigenvalue weighted by atomic mass is 79.9. The average Bonchev–Trinajstić information content (AvgIpc) is 2.12. The molecule has 0 aliphatic heterocycles. The van der Waals surface area contributed by atoms with E-state index in [1.54, 1.807) is 0 Å². The fourth-order valence-corrected chi connectivity index (χ4v) is 1.67. The minimum Gasteiger partial charge on any atom is -0.399 e. The van der Waals surface area contributed by atoms with Crippen molar-refractivity contribution in [2.45, 2.75) is 33.0 Å². The van der Waals surface area contributed by atoms with Gasteiger partial charge in [-0.2, -0.15) is 0 Å². The maximum atomic E-state index is 5.71. The van der Waals surface area contributed by atoms with E-state index >= 15 is 0 Å². The normalized spacial score (nSPS) is 12.8. The van der Waals surface area contributed by atoms with Crippen LogP contribution in [0.2, 0.25) is 0 Å². The first-order valence-corrected chi connectivity index (χ1v) is 5.57. The molecule has 1 aromatic rings. The van der Waals surface area contributed by atoms with Crippen molar-refractivity contribution >= 4 is 21.6 Å². The van der Waals surface area contributed by atoms with Gasteiger partial charge in [0.25, 0.3) is 0 Å². The molecular weight excluding hydrogens is 242 g/mol. The minimum absolute atomic E-state index is 0.301. The van der Waals surface area contributed by atoms with Crippen LogP contribution in [0.4, 0.5) is 5.69 Å². The molecule has 1 atom stereocenters. The summed E-state index contributed by atoms with van der Waals surface area (Å²) in [6.45, 7) is 4.81. The van der Waals surface area contributed by atoms with Crippen LogP contribution in [0.5, 0.6) is 0 Å². The lowest BCUT2D eigenvalue weighted by Crippen LogP contribution is -2.06. The van der Waals surface area contributed by atoms with E-state index in [1.807, 2.05) is 18.2 Å². The van der Waals surface area contributed by atoms with Crippen molar-refractivity contribution in [2.75, 3.05) is 5.73 Å². The van der Waals surface area contributed by atoms with Gasteiger partial charge >= 0.3 is 0 Å². The Hall–Kier alpha value is -0.540. The van der Waals surface area contributed by atoms with Gasteiger partial charge in [0, 0.05) is 10.2 Å². The summed E-state index contributed by atoms with van der Waals surface area (Å²) in [6, 6.07) is 5.85. The van der Waals surface area contributed by atoms with Crippen molar-refractivity contribution in [1.29, 1.82) is 0 Å². The van der Waals surface area contributed by atoms with Gasteiger partial charge in [-0.25, -0.2) is 0 Å². The largest absolute Gasteiger partial charge is 0.399 e. The number of benzene rings is 1. The first-order valence-electron chi connectivity index (χ1n) is 4.78. The molecule has 0 aliphatic carbocycles. The number of nitrogen functional groups attached to an aromatic ring is 1. The predicted octanol–water partition coefficient (Wildman–Crippen LogP) is 3.35. The molecule has 0 saturated carbocycles. The Kier molecular flexibility index (Phi) is 4.42. The summed E-state index contributed by atoms with van der Waals surface area (Å²) in [5, 5.41) is 0. The molecule has 1 rings (SSSR count). The molecule has 2 N–H and O–H groups in total. The SMILES string of the molecule is CCC(C)OCc1cc(N)cc(Br)c1. The maximum absolute atomic E-state index is 5.71. The molecule has 0 bridgehead atoms. The number of rotatable bonds is 4. The first-order chi connectivity index (χ1) is 6.61. The molecule has 0 fully saturated rings. The Labute approximate surface area is 93.6 Å². The van der Waals surface area contributed by atoms with E-state index in [2.05, 4.69) is 29.8 Å². The molecule has 0 spiro atoms. The van der Waals surface area contributed by atoms with Gasteiger partial charge < -0.3 is 10.5 Å². The van der Waals surface area contributed by atoms with E-state index in [0.717, 1.165) is 22.1 Å². The van der Waals surface area contributed by atoms with Crippen LogP contribution in [-0.2, 0) is 11.3 Å². The summed E-state index contributed by atoms with van der Waals surface area (Å²) in [5.41, 5.74) is 7.59. The molecule has 0 aliphatic rings. The third-order valence-corrected chi connectivity index (χ3v) is 2.55. The number of anilines is 1. The molecule has 0 saturated heterocycles. The zero-order valence-corrected chi connectivity index (χ0v) is 10.2. The van der Waals surface area contributed by atoms with E-state index in [9.17, 15) is 0 Å². The van der Waals surface area contributed by atoms with Crippen LogP contribution in [-0.4, -0.2) is 6.10 Å². The van der Waals surface area contributed by atoms with E-state index in [4.69, 9.17) is 10.5 Å². The Morgan fingerprint density at radius 3 is 2.71 bits per heavy atom. The smallest absolute Gasteiger partial charge is 0.0721 e. The van der Waals surface area contributed by atoms with Crippen molar-refractivity contribution in [3.8, 4) is 0 Å². The van der Waals surface area contributed by atoms with Crippen LogP contribution in [0.25, 0.3) is 0 Å². The third-order valence-electron chi connectivity index (χ3n) is 2.09. The molecule has 1 aromatic carbocycles. The van der Waals surface area contributed by atoms with Gasteiger partial charge in [-0.1, -0.05) is 22.9 Å². The third kappa shape index (κ3) is 3.68. The number of ether oxygens (including phenoxy) is 1. The van der Waals surface area contributed by atoms with Crippen molar-refractivity contribution in [1.82, 2.24) is 0 Å². The lowest BCUT2D eigenvalue weighted by molar-refractivity contribution is 0.0508. The molecular formula is C11H16BrNO. The average molecular weight is 258 g/mol. The van der Waals surface area contributed by atoms with E-state index in [0.29, 0.717) is 12.7 Å². The van der Waals surface area contributed by atoms with Gasteiger partial charge in [0.05, 0.1) is 12.7 Å². The van der Waals surface area contributed by atoms with E-state index in [1.165, 1.54) is 0 Å². The molecule has 1 unspecified atom stereocenters. The summed E-state index contributed by atoms with van der Waals surface area (Å²) in [6.07, 6.45) is 1.33. The molecule has 0 amide bonds. The quantitative estimate of drug-likeness (QED) is 0.840. The minimum atomic E-state index is 0.301. The molecule has 3 heteroatoms. The highest BCUT2D eigenvalue weighted by Gasteiger charge is 2.01. The second-order valence-electron chi connectivity index (χ2n) is 3.42. The van der Waals surface area contributed by atoms with Crippen molar-refractivity contribution in [3.05, 3.63) is 28.2 Å². The van der Waals surface area contributed by atoms with Crippen molar-refractivity contribution < 1.29 is 4.74 Å². The molecule has 0 heterocycles. The fourth-order valence-electron chi connectivity index (χ4n) is 1.12. The van der Waals surface area contributed by atoms with Crippen LogP contribution in [0.15, 0.2) is 22.7 Å². The summed E-state index contributed by atoms with van der Waals surface area (Å²) in [5.74, 6) is 0. The maximum Gasteiger partial charge on any atom is 0.0721 e. The van der Waals surface area contributed by atoms with Crippen LogP contribution < -0.4 is 5.73 Å². The van der Waals surface area contributed by atoms with E-state index in [-0.39, 0.29) is 0 Å². The first kappa shape index (κ1) is 11.5. The monoisotopic (exact) mass is 257 g/mol. The summed E-state index contributed by atoms with van der Waals surface area (Å²) >= 11 is 3.40. The summed E-state index contributed by atoms with van der Waals surface area (Å²) < 4.78 is 6.61. The Bertz CT molecular complexity index is 281. The van der Waals surface area contributed by atoms with Crippen LogP contribution >= 0.6 is 15.9 Å². The second-order valence-corrected chi connectivity index (χ2v) is 4.34. The Balaban J connectivity index is 2.58. The molecule has 0 aromatic heterocycles. The number of hydrogen-bond acceptors (Lipinski definition) is 2. The van der Waals surface area contributed by atoms with Crippen molar-refractivity contribution in [3.63, 3.8) is 0 Å². The fraction of sp³-hybridized carbons (Fsp3) is 0.455. The van der Waals surface area contributed by atoms with Gasteiger partial charge in [0.1, 0.15) is 0 Å². The van der Waals surface area contributed by atoms with Crippen molar-refractivity contribution in [2.24, 2.45) is 0 Å². The Morgan fingerprint density at radius 2 is 2.14 bits per heavy atom. The molecule has 78 valence electrons. The lowest BCUT2D eigenvalue weighted by atomic mass is 10.2. The van der Waals surface area contributed by atoms with E-state index < -0.39 is 0 Å². The van der Waals surface area contributed by atoms with Gasteiger partial charge in [-0.3, -0.25) is 0 Å². The number of nitrogens with two attached hydrogens (primary N) is 1. The van der Waals surface area contributed by atoms with Gasteiger partial charge in [0.2, 0.25) is 0 Å². The zero-order chi connectivity index (χ0) is 10.6. The molecule has 14 heavy (non-hydrogen) atoms. The van der Waals surface area contributed by atoms with Gasteiger partial charge in [-0.15, -0.1) is 0 Å². The number of hydrogen-bond donors (Lipinski definition) is 1. The standard InChI is InChI=1S/C11H16BrNO/c1-3-8(2)14-7-9-4-10(12)6-11(13)5-9/h4-6,8H,3,7,13H2,1-2H3.